The predicted octanol–water partition coefficient (Wildman–Crippen LogP) is 1.40. The summed E-state index contributed by atoms with van der Waals surface area (Å²) in [5.74, 6) is 4.55. The summed E-state index contributed by atoms with van der Waals surface area (Å²) in [5, 5.41) is 11.2. The first-order valence-electron chi connectivity index (χ1n) is 7.17. The third kappa shape index (κ3) is 6.12. The zero-order valence-corrected chi connectivity index (χ0v) is 14.7. The number of aliphatic hydroxyl groups is 1. The van der Waals surface area contributed by atoms with Gasteiger partial charge in [-0.05, 0) is 35.6 Å². The lowest BCUT2D eigenvalue weighted by Crippen LogP contribution is -2.53. The van der Waals surface area contributed by atoms with Crippen LogP contribution >= 0.6 is 23.4 Å². The van der Waals surface area contributed by atoms with Crippen molar-refractivity contribution in [1.82, 2.24) is 5.01 Å². The van der Waals surface area contributed by atoms with Gasteiger partial charge in [0.25, 0.3) is 11.8 Å². The molecule has 1 rings (SSSR count). The molecule has 0 saturated carbocycles. The molecule has 0 spiro atoms. The van der Waals surface area contributed by atoms with Crippen molar-refractivity contribution in [3.05, 3.63) is 34.9 Å². The molecule has 2 unspecified atom stereocenters. The van der Waals surface area contributed by atoms with E-state index in [2.05, 4.69) is 0 Å². The van der Waals surface area contributed by atoms with Gasteiger partial charge in [-0.3, -0.25) is 9.59 Å². The Labute approximate surface area is 145 Å². The Morgan fingerprint density at radius 2 is 2.04 bits per heavy atom. The molecule has 1 aromatic carbocycles. The number of nitrogens with two attached hydrogens (primary N) is 2. The number of hydrogen-bond donors (Lipinski definition) is 3. The third-order valence-electron chi connectivity index (χ3n) is 3.09. The predicted molar refractivity (Wildman–Crippen MR) is 93.0 cm³/mol. The summed E-state index contributed by atoms with van der Waals surface area (Å²) in [6.07, 6.45) is -1.09. The van der Waals surface area contributed by atoms with Crippen molar-refractivity contribution in [3.8, 4) is 0 Å². The number of halogens is 1. The van der Waals surface area contributed by atoms with Crippen LogP contribution in [0.25, 0.3) is 0 Å². The summed E-state index contributed by atoms with van der Waals surface area (Å²) in [6.45, 7) is 4.09. The quantitative estimate of drug-likeness (QED) is 0.385. The van der Waals surface area contributed by atoms with E-state index in [1.807, 2.05) is 13.8 Å². The van der Waals surface area contributed by atoms with Crippen LogP contribution in [0.2, 0.25) is 5.02 Å². The van der Waals surface area contributed by atoms with Crippen LogP contribution in [0.4, 0.5) is 0 Å². The second-order valence-electron chi connectivity index (χ2n) is 5.34. The van der Waals surface area contributed by atoms with Crippen LogP contribution < -0.4 is 11.6 Å². The first-order valence-corrected chi connectivity index (χ1v) is 8.60. The summed E-state index contributed by atoms with van der Waals surface area (Å²) in [5.41, 5.74) is 5.96. The molecule has 0 aliphatic heterocycles. The summed E-state index contributed by atoms with van der Waals surface area (Å²) in [4.78, 5) is 24.2. The van der Waals surface area contributed by atoms with Crippen molar-refractivity contribution in [2.45, 2.75) is 37.7 Å². The van der Waals surface area contributed by atoms with Crippen LogP contribution in [0.3, 0.4) is 0 Å². The van der Waals surface area contributed by atoms with Crippen LogP contribution in [0.5, 0.6) is 0 Å². The molecule has 128 valence electrons. The molecule has 5 N–H and O–H groups in total. The number of thioether (sulfide) groups is 1. The average molecular weight is 360 g/mol. The fourth-order valence-corrected chi connectivity index (χ4v) is 2.85. The van der Waals surface area contributed by atoms with Crippen LogP contribution in [-0.4, -0.2) is 45.1 Å². The van der Waals surface area contributed by atoms with Crippen LogP contribution in [0.1, 0.15) is 30.6 Å². The number of imide groups is 1. The molecule has 0 heterocycles. The van der Waals surface area contributed by atoms with Crippen molar-refractivity contribution in [1.29, 1.82) is 0 Å². The monoisotopic (exact) mass is 359 g/mol. The van der Waals surface area contributed by atoms with Gasteiger partial charge in [-0.25, -0.2) is 10.9 Å². The summed E-state index contributed by atoms with van der Waals surface area (Å²) in [7, 11) is 0. The van der Waals surface area contributed by atoms with Gasteiger partial charge in [0.1, 0.15) is 6.10 Å². The number of rotatable bonds is 7. The average Bonchev–Trinajstić information content (AvgIpc) is 2.51. The van der Waals surface area contributed by atoms with E-state index in [9.17, 15) is 14.7 Å². The van der Waals surface area contributed by atoms with E-state index in [-0.39, 0.29) is 5.56 Å². The van der Waals surface area contributed by atoms with Gasteiger partial charge in [0, 0.05) is 16.6 Å². The van der Waals surface area contributed by atoms with Crippen molar-refractivity contribution >= 4 is 35.2 Å². The van der Waals surface area contributed by atoms with Gasteiger partial charge >= 0.3 is 0 Å². The number of benzene rings is 1. The lowest BCUT2D eigenvalue weighted by Gasteiger charge is -2.22. The highest BCUT2D eigenvalue weighted by atomic mass is 35.5. The summed E-state index contributed by atoms with van der Waals surface area (Å²) < 4.78 is 0. The first-order chi connectivity index (χ1) is 10.7. The molecule has 0 radical (unpaired) electrons. The summed E-state index contributed by atoms with van der Waals surface area (Å²) >= 11 is 7.47. The second-order valence-corrected chi connectivity index (χ2v) is 7.46. The molecule has 0 saturated heterocycles. The SMILES string of the molecule is CC(C)SCCC(N)C(O)C(=O)N(N)C(=O)c1cccc(Cl)c1. The standard InChI is InChI=1S/C15H22ClN3O3S/c1-9(2)23-7-6-12(17)13(20)15(22)19(18)14(21)10-4-3-5-11(16)8-10/h3-5,8-9,12-13,20H,6-7,17-18H2,1-2H3. The highest BCUT2D eigenvalue weighted by Crippen LogP contribution is 2.14. The Morgan fingerprint density at radius 1 is 1.39 bits per heavy atom. The molecular weight excluding hydrogens is 338 g/mol. The fraction of sp³-hybridized carbons (Fsp3) is 0.467. The molecule has 0 bridgehead atoms. The molecule has 0 aliphatic carbocycles. The van der Waals surface area contributed by atoms with E-state index in [0.29, 0.717) is 27.5 Å². The number of hydrogen-bond acceptors (Lipinski definition) is 6. The highest BCUT2D eigenvalue weighted by Gasteiger charge is 2.30. The van der Waals surface area contributed by atoms with E-state index in [1.165, 1.54) is 12.1 Å². The number of hydrazine groups is 1. The molecule has 2 atom stereocenters. The molecule has 0 aromatic heterocycles. The van der Waals surface area contributed by atoms with Gasteiger partial charge in [0.2, 0.25) is 0 Å². The molecule has 1 aromatic rings. The first kappa shape index (κ1) is 19.9. The molecular formula is C15H22ClN3O3S. The Morgan fingerprint density at radius 3 is 2.61 bits per heavy atom. The lowest BCUT2D eigenvalue weighted by molar-refractivity contribution is -0.138. The number of carbonyl (C=O) groups is 2. The second kappa shape index (κ2) is 9.24. The van der Waals surface area contributed by atoms with Crippen LogP contribution in [-0.2, 0) is 4.79 Å². The van der Waals surface area contributed by atoms with E-state index in [1.54, 1.807) is 23.9 Å². The molecule has 0 aliphatic rings. The van der Waals surface area contributed by atoms with Gasteiger partial charge in [0.15, 0.2) is 0 Å². The maximum atomic E-state index is 12.1. The zero-order chi connectivity index (χ0) is 17.6. The smallest absolute Gasteiger partial charge is 0.274 e. The van der Waals surface area contributed by atoms with E-state index < -0.39 is 24.0 Å². The Hall–Kier alpha value is -1.12. The molecule has 8 heteroatoms. The molecule has 0 fully saturated rings. The van der Waals surface area contributed by atoms with Gasteiger partial charge in [-0.15, -0.1) is 0 Å². The van der Waals surface area contributed by atoms with Gasteiger partial charge in [-0.1, -0.05) is 31.5 Å². The van der Waals surface area contributed by atoms with Gasteiger partial charge in [-0.2, -0.15) is 11.8 Å². The van der Waals surface area contributed by atoms with Crippen molar-refractivity contribution in [2.75, 3.05) is 5.75 Å². The highest BCUT2D eigenvalue weighted by molar-refractivity contribution is 7.99. The normalized spacial score (nSPS) is 13.7. The zero-order valence-electron chi connectivity index (χ0n) is 13.1. The van der Waals surface area contributed by atoms with E-state index >= 15 is 0 Å². The molecule has 23 heavy (non-hydrogen) atoms. The topological polar surface area (TPSA) is 110 Å². The van der Waals surface area contributed by atoms with E-state index in [0.717, 1.165) is 0 Å². The fourth-order valence-electron chi connectivity index (χ4n) is 1.78. The number of aliphatic hydroxyl groups excluding tert-OH is 1. The third-order valence-corrected chi connectivity index (χ3v) is 4.46. The molecule has 6 nitrogen and oxygen atoms in total. The number of carbonyl (C=O) groups excluding carboxylic acids is 2. The van der Waals surface area contributed by atoms with Crippen molar-refractivity contribution < 1.29 is 14.7 Å². The van der Waals surface area contributed by atoms with Gasteiger partial charge < -0.3 is 10.8 Å². The van der Waals surface area contributed by atoms with Crippen molar-refractivity contribution in [3.63, 3.8) is 0 Å². The minimum Gasteiger partial charge on any atom is -0.382 e. The number of amides is 2. The van der Waals surface area contributed by atoms with Crippen molar-refractivity contribution in [2.24, 2.45) is 11.6 Å². The largest absolute Gasteiger partial charge is 0.382 e. The lowest BCUT2D eigenvalue weighted by atomic mass is 10.1. The van der Waals surface area contributed by atoms with Crippen LogP contribution in [0.15, 0.2) is 24.3 Å². The maximum Gasteiger partial charge on any atom is 0.274 e. The minimum absolute atomic E-state index is 0.157. The van der Waals surface area contributed by atoms with E-state index in [4.69, 9.17) is 23.2 Å². The Kier molecular flexibility index (Phi) is 8.01. The Balaban J connectivity index is 2.65. The molecule has 2 amide bonds. The van der Waals surface area contributed by atoms with Crippen LogP contribution in [0, 0.1) is 0 Å². The maximum absolute atomic E-state index is 12.1. The Bertz CT molecular complexity index is 557. The minimum atomic E-state index is -1.53. The van der Waals surface area contributed by atoms with Gasteiger partial charge in [0.05, 0.1) is 0 Å². The number of nitrogens with zero attached hydrogens (tertiary/aromatic N) is 1. The summed E-state index contributed by atoms with van der Waals surface area (Å²) in [6, 6.07) is 5.25.